The zero-order valence-electron chi connectivity index (χ0n) is 17.0. The molecule has 2 N–H and O–H groups in total. The average molecular weight is 383 g/mol. The van der Waals surface area contributed by atoms with E-state index in [9.17, 15) is 4.79 Å². The molecule has 1 aromatic rings. The number of pyridine rings is 1. The minimum atomic E-state index is -0.0255. The van der Waals surface area contributed by atoms with Gasteiger partial charge in [0.25, 0.3) is 0 Å². The molecule has 4 bridgehead atoms. The van der Waals surface area contributed by atoms with E-state index in [4.69, 9.17) is 0 Å². The van der Waals surface area contributed by atoms with Gasteiger partial charge in [0.15, 0.2) is 0 Å². The molecule has 1 saturated heterocycles. The van der Waals surface area contributed by atoms with Crippen LogP contribution in [-0.2, 0) is 11.3 Å². The number of nitrogens with one attached hydrogen (secondary N) is 2. The summed E-state index contributed by atoms with van der Waals surface area (Å²) in [5.41, 5.74) is 1.24. The van der Waals surface area contributed by atoms with Crippen LogP contribution in [0.3, 0.4) is 0 Å². The molecule has 152 valence electrons. The summed E-state index contributed by atoms with van der Waals surface area (Å²) in [5.74, 6) is 3.97. The summed E-state index contributed by atoms with van der Waals surface area (Å²) >= 11 is 0. The number of hydrogen-bond donors (Lipinski definition) is 2. The smallest absolute Gasteiger partial charge is 0.237 e. The zero-order chi connectivity index (χ0) is 19.1. The zero-order valence-corrected chi connectivity index (χ0v) is 17.0. The second-order valence-electron chi connectivity index (χ2n) is 9.75. The minimum Gasteiger partial charge on any atom is -0.355 e. The predicted molar refractivity (Wildman–Crippen MR) is 109 cm³/mol. The SMILES string of the molecule is CCNC(=O)[C@@H]1C[C@@H](NC2C3CC4CC(C3)CC2C4)CN1Cc1ccncc1. The summed E-state index contributed by atoms with van der Waals surface area (Å²) in [6.45, 7) is 4.49. The van der Waals surface area contributed by atoms with Crippen LogP contribution in [0.15, 0.2) is 24.5 Å². The average Bonchev–Trinajstić information content (AvgIpc) is 3.07. The van der Waals surface area contributed by atoms with E-state index < -0.39 is 0 Å². The molecule has 2 heterocycles. The fourth-order valence-corrected chi connectivity index (χ4v) is 6.96. The molecule has 4 aliphatic carbocycles. The first-order valence-corrected chi connectivity index (χ1v) is 11.4. The summed E-state index contributed by atoms with van der Waals surface area (Å²) < 4.78 is 0. The van der Waals surface area contributed by atoms with Gasteiger partial charge in [0.2, 0.25) is 5.91 Å². The molecule has 0 unspecified atom stereocenters. The summed E-state index contributed by atoms with van der Waals surface area (Å²) in [6.07, 6.45) is 11.9. The van der Waals surface area contributed by atoms with Crippen LogP contribution in [0.5, 0.6) is 0 Å². The summed E-state index contributed by atoms with van der Waals surface area (Å²) in [5, 5.41) is 7.13. The standard InChI is InChI=1S/C23H34N4O/c1-2-25-23(28)21-12-20(14-27(21)13-15-3-5-24-6-4-15)26-22-18-8-16-7-17(10-18)11-19(22)9-16/h3-6,16-22,26H,2,7-14H2,1H3,(H,25,28)/t16?,17?,18?,19?,20-,21+,22?/m1/s1. The van der Waals surface area contributed by atoms with E-state index in [1.165, 1.54) is 37.7 Å². The number of likely N-dealkylation sites (N-methyl/N-ethyl adjacent to an activating group) is 1. The fraction of sp³-hybridized carbons (Fsp3) is 0.739. The Labute approximate surface area is 168 Å². The number of nitrogens with zero attached hydrogens (tertiary/aromatic N) is 2. The van der Waals surface area contributed by atoms with E-state index in [-0.39, 0.29) is 11.9 Å². The van der Waals surface area contributed by atoms with Crippen LogP contribution < -0.4 is 10.6 Å². The number of carbonyl (C=O) groups is 1. The van der Waals surface area contributed by atoms with Crippen molar-refractivity contribution in [1.29, 1.82) is 0 Å². The second-order valence-corrected chi connectivity index (χ2v) is 9.75. The molecule has 5 aliphatic rings. The van der Waals surface area contributed by atoms with Gasteiger partial charge >= 0.3 is 0 Å². The highest BCUT2D eigenvalue weighted by molar-refractivity contribution is 5.82. The molecular formula is C23H34N4O. The van der Waals surface area contributed by atoms with Crippen molar-refractivity contribution in [1.82, 2.24) is 20.5 Å². The maximum atomic E-state index is 12.7. The Morgan fingerprint density at radius 3 is 2.39 bits per heavy atom. The highest BCUT2D eigenvalue weighted by Gasteiger charge is 2.49. The third-order valence-corrected chi connectivity index (χ3v) is 7.85. The second kappa shape index (κ2) is 7.75. The Bertz CT molecular complexity index is 665. The van der Waals surface area contributed by atoms with E-state index in [0.717, 1.165) is 43.2 Å². The van der Waals surface area contributed by atoms with Gasteiger partial charge in [0, 0.05) is 44.1 Å². The number of rotatable bonds is 6. The largest absolute Gasteiger partial charge is 0.355 e. The fourth-order valence-electron chi connectivity index (χ4n) is 6.96. The molecule has 5 fully saturated rings. The molecule has 1 amide bonds. The van der Waals surface area contributed by atoms with Crippen molar-refractivity contribution in [2.24, 2.45) is 23.7 Å². The molecule has 4 saturated carbocycles. The molecule has 5 heteroatoms. The van der Waals surface area contributed by atoms with Gasteiger partial charge in [0.1, 0.15) is 0 Å². The van der Waals surface area contributed by atoms with Crippen LogP contribution in [-0.4, -0.2) is 47.0 Å². The van der Waals surface area contributed by atoms with Crippen molar-refractivity contribution in [3.8, 4) is 0 Å². The molecule has 5 nitrogen and oxygen atoms in total. The van der Waals surface area contributed by atoms with Crippen molar-refractivity contribution >= 4 is 5.91 Å². The summed E-state index contributed by atoms with van der Waals surface area (Å²) in [4.78, 5) is 19.2. The number of hydrogen-bond acceptors (Lipinski definition) is 4. The van der Waals surface area contributed by atoms with Gasteiger partial charge in [-0.05, 0) is 86.8 Å². The Balaban J connectivity index is 1.27. The van der Waals surface area contributed by atoms with Crippen LogP contribution in [0.4, 0.5) is 0 Å². The van der Waals surface area contributed by atoms with Gasteiger partial charge in [-0.2, -0.15) is 0 Å². The van der Waals surface area contributed by atoms with Gasteiger partial charge in [-0.1, -0.05) is 0 Å². The van der Waals surface area contributed by atoms with E-state index >= 15 is 0 Å². The van der Waals surface area contributed by atoms with Gasteiger partial charge < -0.3 is 10.6 Å². The first-order chi connectivity index (χ1) is 13.7. The number of likely N-dealkylation sites (tertiary alicyclic amines) is 1. The van der Waals surface area contributed by atoms with Crippen molar-refractivity contribution in [3.63, 3.8) is 0 Å². The highest BCUT2D eigenvalue weighted by atomic mass is 16.2. The van der Waals surface area contributed by atoms with Gasteiger partial charge in [0.05, 0.1) is 6.04 Å². The molecule has 0 radical (unpaired) electrons. The Morgan fingerprint density at radius 1 is 1.07 bits per heavy atom. The lowest BCUT2D eigenvalue weighted by atomic mass is 9.54. The lowest BCUT2D eigenvalue weighted by molar-refractivity contribution is -0.125. The van der Waals surface area contributed by atoms with E-state index in [1.54, 1.807) is 0 Å². The highest BCUT2D eigenvalue weighted by Crippen LogP contribution is 2.53. The molecule has 1 aromatic heterocycles. The molecule has 0 spiro atoms. The maximum absolute atomic E-state index is 12.7. The molecule has 0 aromatic carbocycles. The molecule has 6 rings (SSSR count). The first-order valence-electron chi connectivity index (χ1n) is 11.4. The topological polar surface area (TPSA) is 57.3 Å². The van der Waals surface area contributed by atoms with Crippen molar-refractivity contribution in [2.45, 2.75) is 70.1 Å². The lowest BCUT2D eigenvalue weighted by Gasteiger charge is -2.55. The lowest BCUT2D eigenvalue weighted by Crippen LogP contribution is -2.57. The summed E-state index contributed by atoms with van der Waals surface area (Å²) in [6, 6.07) is 5.22. The molecule has 28 heavy (non-hydrogen) atoms. The van der Waals surface area contributed by atoms with Crippen LogP contribution in [0, 0.1) is 23.7 Å². The van der Waals surface area contributed by atoms with E-state index in [2.05, 4.69) is 32.7 Å². The number of carbonyl (C=O) groups excluding carboxylic acids is 1. The molecule has 1 aliphatic heterocycles. The van der Waals surface area contributed by atoms with Gasteiger partial charge in [-0.3, -0.25) is 14.7 Å². The molecule has 2 atom stereocenters. The van der Waals surface area contributed by atoms with Gasteiger partial charge in [-0.25, -0.2) is 0 Å². The van der Waals surface area contributed by atoms with Crippen molar-refractivity contribution in [3.05, 3.63) is 30.1 Å². The predicted octanol–water partition coefficient (Wildman–Crippen LogP) is 2.57. The quantitative estimate of drug-likeness (QED) is 0.794. The number of aromatic nitrogens is 1. The molecular weight excluding hydrogens is 348 g/mol. The third kappa shape index (κ3) is 3.59. The summed E-state index contributed by atoms with van der Waals surface area (Å²) in [7, 11) is 0. The Morgan fingerprint density at radius 2 is 1.75 bits per heavy atom. The number of amides is 1. The van der Waals surface area contributed by atoms with Crippen LogP contribution in [0.25, 0.3) is 0 Å². The van der Waals surface area contributed by atoms with Crippen LogP contribution in [0.2, 0.25) is 0 Å². The third-order valence-electron chi connectivity index (χ3n) is 7.85. The first kappa shape index (κ1) is 18.6. The van der Waals surface area contributed by atoms with E-state index in [1.807, 2.05) is 19.3 Å². The van der Waals surface area contributed by atoms with Crippen molar-refractivity contribution < 1.29 is 4.79 Å². The van der Waals surface area contributed by atoms with Crippen molar-refractivity contribution in [2.75, 3.05) is 13.1 Å². The van der Waals surface area contributed by atoms with Gasteiger partial charge in [-0.15, -0.1) is 0 Å². The monoisotopic (exact) mass is 382 g/mol. The maximum Gasteiger partial charge on any atom is 0.237 e. The Hall–Kier alpha value is -1.46. The minimum absolute atomic E-state index is 0.0255. The van der Waals surface area contributed by atoms with Crippen LogP contribution >= 0.6 is 0 Å². The van der Waals surface area contributed by atoms with E-state index in [0.29, 0.717) is 18.6 Å². The normalized spacial score (nSPS) is 39.4. The van der Waals surface area contributed by atoms with Crippen LogP contribution in [0.1, 0.15) is 51.0 Å². The Kier molecular flexibility index (Phi) is 5.14.